The number of ether oxygens (including phenoxy) is 8. The van der Waals surface area contributed by atoms with Crippen LogP contribution in [0.2, 0.25) is 0 Å². The number of hydrogen-bond acceptors (Lipinski definition) is 17. The molecule has 0 amide bonds. The zero-order valence-corrected chi connectivity index (χ0v) is 44.4. The second kappa shape index (κ2) is 24.0. The number of thioether (sulfide) groups is 1. The summed E-state index contributed by atoms with van der Waals surface area (Å²) >= 11 is 6.79. The molecular weight excluding hydrogens is 1040 g/mol. The van der Waals surface area contributed by atoms with Crippen molar-refractivity contribution in [2.45, 2.75) is 74.6 Å². The van der Waals surface area contributed by atoms with Gasteiger partial charge < -0.3 is 53.7 Å². The minimum absolute atomic E-state index is 0.0295. The fourth-order valence-electron chi connectivity index (χ4n) is 9.95. The van der Waals surface area contributed by atoms with Crippen LogP contribution in [0.5, 0.6) is 11.5 Å². The molecule has 4 N–H and O–H groups in total. The first-order chi connectivity index (χ1) is 38.0. The van der Waals surface area contributed by atoms with Crippen LogP contribution in [-0.4, -0.2) is 103 Å². The lowest BCUT2D eigenvalue weighted by atomic mass is 9.79. The molecule has 21 heteroatoms. The smallest absolute Gasteiger partial charge is 0.338 e. The average Bonchev–Trinajstić information content (AvgIpc) is 4.26. The fraction of sp³-hybridized carbons (Fsp3) is 0.298. The molecule has 0 bridgehead atoms. The number of methoxy groups -OCH3 is 2. The van der Waals surface area contributed by atoms with E-state index >= 15 is 0 Å². The predicted molar refractivity (Wildman–Crippen MR) is 293 cm³/mol. The van der Waals surface area contributed by atoms with E-state index in [0.717, 1.165) is 21.3 Å². The topological polar surface area (TPSA) is 228 Å². The molecule has 5 aromatic carbocycles. The molecule has 0 aliphatic carbocycles. The number of nitrogens with two attached hydrogens (primary N) is 1. The summed E-state index contributed by atoms with van der Waals surface area (Å²) in [7, 11) is 3.15. The summed E-state index contributed by atoms with van der Waals surface area (Å²) in [6.45, 7) is 1.38. The van der Waals surface area contributed by atoms with Gasteiger partial charge in [0.15, 0.2) is 28.3 Å². The number of hydrogen-bond donors (Lipinski definition) is 3. The molecule has 2 saturated heterocycles. The van der Waals surface area contributed by atoms with Gasteiger partial charge in [0, 0.05) is 29.5 Å². The minimum Gasteiger partial charge on any atom is -0.493 e. The Morgan fingerprint density at radius 2 is 1.56 bits per heavy atom. The van der Waals surface area contributed by atoms with Crippen molar-refractivity contribution in [3.8, 4) is 11.5 Å². The van der Waals surface area contributed by atoms with Gasteiger partial charge in [-0.15, -0.1) is 11.8 Å². The van der Waals surface area contributed by atoms with E-state index in [1.807, 2.05) is 109 Å². The molecule has 2 aliphatic rings. The largest absolute Gasteiger partial charge is 0.493 e. The monoisotopic (exact) mass is 1100 g/mol. The summed E-state index contributed by atoms with van der Waals surface area (Å²) in [6, 6.07) is 43.0. The Morgan fingerprint density at radius 3 is 2.24 bits per heavy atom. The maximum atomic E-state index is 14.1. The van der Waals surface area contributed by atoms with E-state index in [4.69, 9.17) is 55.8 Å². The summed E-state index contributed by atoms with van der Waals surface area (Å²) < 4.78 is 55.3. The highest BCUT2D eigenvalue weighted by molar-refractivity contribution is 7.99. The zero-order chi connectivity index (χ0) is 54.3. The molecule has 78 heavy (non-hydrogen) atoms. The highest BCUT2D eigenvalue weighted by Crippen LogP contribution is 2.48. The van der Waals surface area contributed by atoms with Crippen LogP contribution in [-0.2, 0) is 47.4 Å². The maximum Gasteiger partial charge on any atom is 0.338 e. The number of benzene rings is 5. The number of imidazole rings is 1. The van der Waals surface area contributed by atoms with Crippen LogP contribution in [0.4, 0.5) is 5.95 Å². The molecule has 0 saturated carbocycles. The third kappa shape index (κ3) is 11.0. The molecular formula is C57H57N7O12S2. The van der Waals surface area contributed by atoms with E-state index in [-0.39, 0.29) is 54.9 Å². The summed E-state index contributed by atoms with van der Waals surface area (Å²) in [4.78, 5) is 52.7. The summed E-state index contributed by atoms with van der Waals surface area (Å²) in [5.41, 5.74) is 7.26. The first kappa shape index (κ1) is 53.9. The second-order valence-corrected chi connectivity index (χ2v) is 20.1. The van der Waals surface area contributed by atoms with Crippen LogP contribution >= 0.6 is 24.0 Å². The van der Waals surface area contributed by atoms with Crippen LogP contribution in [0.3, 0.4) is 0 Å². The van der Waals surface area contributed by atoms with Crippen LogP contribution < -0.4 is 26.5 Å². The van der Waals surface area contributed by atoms with Crippen LogP contribution in [0, 0.1) is 11.6 Å². The summed E-state index contributed by atoms with van der Waals surface area (Å²) in [5.74, 6) is 0.666. The van der Waals surface area contributed by atoms with Gasteiger partial charge in [0.2, 0.25) is 0 Å². The number of para-hydroxylation sites is 1. The number of H-pyrrole nitrogens is 1. The molecule has 5 heterocycles. The number of fused-ring (bicyclic) bond motifs is 1. The average molecular weight is 1100 g/mol. The van der Waals surface area contributed by atoms with Gasteiger partial charge in [-0.1, -0.05) is 134 Å². The number of aliphatic hydroxyl groups is 1. The number of aromatic amines is 1. The number of aliphatic hydroxyl groups excluding tert-OH is 1. The van der Waals surface area contributed by atoms with Gasteiger partial charge >= 0.3 is 11.7 Å². The normalized spacial score (nSPS) is 20.2. The molecule has 7 atom stereocenters. The lowest BCUT2D eigenvalue weighted by molar-refractivity contribution is -0.102. The summed E-state index contributed by atoms with van der Waals surface area (Å²) in [6.07, 6.45) is -3.13. The van der Waals surface area contributed by atoms with E-state index in [2.05, 4.69) is 15.0 Å². The molecule has 404 valence electrons. The number of nitrogen functional groups attached to an aromatic ring is 1. The van der Waals surface area contributed by atoms with Crippen molar-refractivity contribution in [2.24, 2.45) is 0 Å². The highest BCUT2D eigenvalue weighted by Gasteiger charge is 2.49. The quantitative estimate of drug-likeness (QED) is 0.0275. The zero-order valence-electron chi connectivity index (χ0n) is 42.8. The van der Waals surface area contributed by atoms with Gasteiger partial charge in [-0.2, -0.15) is 0 Å². The van der Waals surface area contributed by atoms with Gasteiger partial charge in [0.1, 0.15) is 59.6 Å². The van der Waals surface area contributed by atoms with E-state index in [9.17, 15) is 19.5 Å². The van der Waals surface area contributed by atoms with Crippen LogP contribution in [0.1, 0.15) is 57.1 Å². The Bertz CT molecular complexity index is 3490. The van der Waals surface area contributed by atoms with Crippen LogP contribution in [0.25, 0.3) is 11.2 Å². The first-order valence-electron chi connectivity index (χ1n) is 25.1. The number of rotatable bonds is 21. The van der Waals surface area contributed by atoms with Crippen molar-refractivity contribution in [3.05, 3.63) is 211 Å². The van der Waals surface area contributed by atoms with Gasteiger partial charge in [-0.05, 0) is 41.8 Å². The van der Waals surface area contributed by atoms with Crippen molar-refractivity contribution in [2.75, 3.05) is 38.9 Å². The van der Waals surface area contributed by atoms with E-state index in [1.54, 1.807) is 56.0 Å². The Kier molecular flexibility index (Phi) is 16.6. The molecule has 2 fully saturated rings. The van der Waals surface area contributed by atoms with Gasteiger partial charge in [-0.3, -0.25) is 13.9 Å². The third-order valence-electron chi connectivity index (χ3n) is 13.6. The minimum atomic E-state index is -1.34. The predicted octanol–water partition coefficient (Wildman–Crippen LogP) is 7.45. The lowest BCUT2D eigenvalue weighted by Crippen LogP contribution is -2.42. The fourth-order valence-corrected chi connectivity index (χ4v) is 11.2. The molecule has 0 radical (unpaired) electrons. The van der Waals surface area contributed by atoms with Crippen molar-refractivity contribution < 1.29 is 47.8 Å². The number of aromatic nitrogens is 6. The van der Waals surface area contributed by atoms with Crippen molar-refractivity contribution in [3.63, 3.8) is 0 Å². The van der Waals surface area contributed by atoms with Crippen LogP contribution in [0.15, 0.2) is 162 Å². The van der Waals surface area contributed by atoms with Gasteiger partial charge in [0.05, 0.1) is 45.9 Å². The number of carbonyl (C=O) groups excluding carboxylic acids is 1. The molecule has 10 rings (SSSR count). The van der Waals surface area contributed by atoms with Crippen molar-refractivity contribution >= 4 is 47.1 Å². The maximum absolute atomic E-state index is 14.1. The molecule has 3 aromatic heterocycles. The Labute approximate surface area is 457 Å². The first-order valence-corrected chi connectivity index (χ1v) is 26.6. The molecule has 8 aromatic rings. The third-order valence-corrected chi connectivity index (χ3v) is 15.1. The number of aryl methyl sites for hydroxylation is 1. The Hall–Kier alpha value is -7.47. The number of nitrogens with one attached hydrogen (secondary N) is 1. The van der Waals surface area contributed by atoms with Gasteiger partial charge in [-0.25, -0.2) is 24.1 Å². The number of esters is 1. The Balaban J connectivity index is 0.937. The number of carbonyl (C=O) groups is 1. The highest BCUT2D eigenvalue weighted by atomic mass is 32.2. The van der Waals surface area contributed by atoms with E-state index < -0.39 is 65.1 Å². The lowest BCUT2D eigenvalue weighted by Gasteiger charge is -2.38. The molecule has 3 unspecified atom stereocenters. The van der Waals surface area contributed by atoms with E-state index in [0.29, 0.717) is 33.8 Å². The van der Waals surface area contributed by atoms with Crippen molar-refractivity contribution in [1.29, 1.82) is 0 Å². The Morgan fingerprint density at radius 1 is 0.885 bits per heavy atom. The molecule has 19 nitrogen and oxygen atoms in total. The SMILES string of the molecule is COc1cccc(C(OC[C@H]2O[C@@H](n3cnc4c(=S)nc(N)[nH]c43)[C@H](O)[C@@H]2OCCSC2OC(n3cc(C)c(=O)n(COCc4ccccc4)c3=O)CC2OC(=O)c2ccccc2)(c2ccccc2)c2ccccc2)c1OC. The van der Waals surface area contributed by atoms with Crippen molar-refractivity contribution in [1.82, 2.24) is 28.7 Å². The number of anilines is 1. The molecule has 2 aliphatic heterocycles. The second-order valence-electron chi connectivity index (χ2n) is 18.5. The summed E-state index contributed by atoms with van der Waals surface area (Å²) in [5, 5.41) is 12.4. The van der Waals surface area contributed by atoms with Gasteiger partial charge in [0.25, 0.3) is 5.56 Å². The number of nitrogens with zero attached hydrogens (tertiary/aromatic N) is 5. The standard InChI is InChI=1S/C57H57N7O12S2/c1-35-30-62(56(68)64(51(35)66)34-71-31-36-17-8-4-9-18-36)44-29-42(75-53(67)37-19-10-5-11-20-37)54(76-44)78-28-27-72-48-43(74-52(46(48)65)63-33-59-45-49(63)60-55(58)61-50(45)77)32-73-57(38-21-12-6-13-22-38,39-23-14-7-15-24-39)40-25-16-26-41(69-2)47(40)70-3/h4-26,30,33,42-44,46,48,52,54,65H,27-29,31-32,34H2,1-3H3,(H3,58,60,61,77)/t42?,43-,44?,46-,48-,52-,54?/m1/s1. The van der Waals surface area contributed by atoms with E-state index in [1.165, 1.54) is 28.9 Å². The molecule has 0 spiro atoms.